The lowest BCUT2D eigenvalue weighted by Gasteiger charge is -2.16. The zero-order chi connectivity index (χ0) is 23.1. The Morgan fingerprint density at radius 2 is 1.94 bits per heavy atom. The first-order chi connectivity index (χ1) is 15.4. The number of aliphatic hydroxyl groups excluding tert-OH is 1. The maximum Gasteiger partial charge on any atom is 0.251 e. The number of methoxy groups -OCH3 is 1. The van der Waals surface area contributed by atoms with Gasteiger partial charge in [-0.1, -0.05) is 17.8 Å². The van der Waals surface area contributed by atoms with E-state index in [1.807, 2.05) is 0 Å². The third-order valence-electron chi connectivity index (χ3n) is 4.48. The molecule has 0 fully saturated rings. The van der Waals surface area contributed by atoms with Crippen molar-refractivity contribution in [3.8, 4) is 11.5 Å². The van der Waals surface area contributed by atoms with Crippen LogP contribution in [0.2, 0.25) is 0 Å². The van der Waals surface area contributed by atoms with Crippen LogP contribution in [-0.4, -0.2) is 56.3 Å². The van der Waals surface area contributed by atoms with Crippen molar-refractivity contribution in [2.75, 3.05) is 24.8 Å². The van der Waals surface area contributed by atoms with Crippen molar-refractivity contribution < 1.29 is 24.5 Å². The van der Waals surface area contributed by atoms with Crippen LogP contribution < -0.4 is 15.4 Å². The summed E-state index contributed by atoms with van der Waals surface area (Å²) in [6.45, 7) is -0.378. The molecule has 2 amide bonds. The fourth-order valence-electron chi connectivity index (χ4n) is 2.84. The number of nitrogens with one attached hydrogen (secondary N) is 2. The SMILES string of the molecule is COc1ccc(C(=O)N[C@@H](CO)c2nnc(SCC(=O)Nc3cccc(O)c3)n2C)cc1. The van der Waals surface area contributed by atoms with Crippen molar-refractivity contribution in [2.24, 2.45) is 7.05 Å². The first-order valence-corrected chi connectivity index (χ1v) is 10.6. The zero-order valence-electron chi connectivity index (χ0n) is 17.5. The van der Waals surface area contributed by atoms with Crippen LogP contribution >= 0.6 is 11.8 Å². The van der Waals surface area contributed by atoms with Crippen LogP contribution in [0.5, 0.6) is 11.5 Å². The molecule has 3 rings (SSSR count). The molecule has 32 heavy (non-hydrogen) atoms. The first kappa shape index (κ1) is 23.1. The van der Waals surface area contributed by atoms with Crippen molar-refractivity contribution in [3.05, 3.63) is 59.9 Å². The Bertz CT molecular complexity index is 1090. The molecule has 1 aromatic heterocycles. The Balaban J connectivity index is 1.61. The smallest absolute Gasteiger partial charge is 0.251 e. The third-order valence-corrected chi connectivity index (χ3v) is 5.50. The number of hydrogen-bond acceptors (Lipinski definition) is 8. The largest absolute Gasteiger partial charge is 0.508 e. The monoisotopic (exact) mass is 457 g/mol. The lowest BCUT2D eigenvalue weighted by Crippen LogP contribution is -2.32. The van der Waals surface area contributed by atoms with E-state index >= 15 is 0 Å². The summed E-state index contributed by atoms with van der Waals surface area (Å²) in [5.74, 6) is 0.434. The second kappa shape index (κ2) is 10.6. The van der Waals surface area contributed by atoms with E-state index in [4.69, 9.17) is 4.74 Å². The molecule has 0 spiro atoms. The molecule has 0 aliphatic heterocycles. The van der Waals surface area contributed by atoms with E-state index in [0.29, 0.717) is 28.0 Å². The van der Waals surface area contributed by atoms with Gasteiger partial charge in [-0.2, -0.15) is 0 Å². The van der Waals surface area contributed by atoms with E-state index in [0.717, 1.165) is 11.8 Å². The van der Waals surface area contributed by atoms with Gasteiger partial charge in [-0.25, -0.2) is 0 Å². The van der Waals surface area contributed by atoms with E-state index in [1.54, 1.807) is 48.0 Å². The van der Waals surface area contributed by atoms with Crippen LogP contribution in [-0.2, 0) is 11.8 Å². The fraction of sp³-hybridized carbons (Fsp3) is 0.238. The number of anilines is 1. The van der Waals surface area contributed by atoms with E-state index in [9.17, 15) is 19.8 Å². The topological polar surface area (TPSA) is 139 Å². The minimum atomic E-state index is -0.780. The Hall–Kier alpha value is -3.57. The summed E-state index contributed by atoms with van der Waals surface area (Å²) in [4.78, 5) is 24.7. The van der Waals surface area contributed by atoms with Crippen LogP contribution in [0.3, 0.4) is 0 Å². The zero-order valence-corrected chi connectivity index (χ0v) is 18.3. The number of amides is 2. The molecule has 1 atom stereocenters. The van der Waals surface area contributed by atoms with Gasteiger partial charge in [-0.15, -0.1) is 10.2 Å². The van der Waals surface area contributed by atoms with Crippen LogP contribution in [0.1, 0.15) is 22.2 Å². The second-order valence-corrected chi connectivity index (χ2v) is 7.67. The molecular formula is C21H23N5O5S. The standard InChI is InChI=1S/C21H23N5O5S/c1-26-19(17(11-27)23-20(30)13-6-8-16(31-2)9-7-13)24-25-21(26)32-12-18(29)22-14-4-3-5-15(28)10-14/h3-10,17,27-28H,11-12H2,1-2H3,(H,22,29)(H,23,30)/t17-/m0/s1. The van der Waals surface area contributed by atoms with Gasteiger partial charge in [0, 0.05) is 24.4 Å². The Morgan fingerprint density at radius 1 is 1.19 bits per heavy atom. The predicted octanol–water partition coefficient (Wildman–Crippen LogP) is 1.72. The highest BCUT2D eigenvalue weighted by molar-refractivity contribution is 7.99. The number of nitrogens with zero attached hydrogens (tertiary/aromatic N) is 3. The van der Waals surface area contributed by atoms with Gasteiger partial charge in [0.15, 0.2) is 11.0 Å². The summed E-state index contributed by atoms with van der Waals surface area (Å²) in [5.41, 5.74) is 0.889. The van der Waals surface area contributed by atoms with Gasteiger partial charge in [0.25, 0.3) is 5.91 Å². The highest BCUT2D eigenvalue weighted by atomic mass is 32.2. The Morgan fingerprint density at radius 3 is 2.59 bits per heavy atom. The number of benzene rings is 2. The van der Waals surface area contributed by atoms with Crippen molar-refractivity contribution in [1.29, 1.82) is 0 Å². The van der Waals surface area contributed by atoms with E-state index < -0.39 is 6.04 Å². The predicted molar refractivity (Wildman–Crippen MR) is 119 cm³/mol. The van der Waals surface area contributed by atoms with E-state index in [-0.39, 0.29) is 29.9 Å². The maximum atomic E-state index is 12.5. The summed E-state index contributed by atoms with van der Waals surface area (Å²) in [7, 11) is 3.23. The highest BCUT2D eigenvalue weighted by Crippen LogP contribution is 2.21. The van der Waals surface area contributed by atoms with Gasteiger partial charge in [0.1, 0.15) is 17.5 Å². The second-order valence-electron chi connectivity index (χ2n) is 6.72. The third kappa shape index (κ3) is 5.77. The normalized spacial score (nSPS) is 11.6. The van der Waals surface area contributed by atoms with Crippen LogP contribution in [0.15, 0.2) is 53.7 Å². The number of thioether (sulfide) groups is 1. The Labute approximate surface area is 188 Å². The van der Waals surface area contributed by atoms with Crippen molar-refractivity contribution in [2.45, 2.75) is 11.2 Å². The summed E-state index contributed by atoms with van der Waals surface area (Å²) >= 11 is 1.15. The number of carbonyl (C=O) groups is 2. The van der Waals surface area contributed by atoms with Gasteiger partial charge in [0.2, 0.25) is 5.91 Å². The molecule has 3 aromatic rings. The summed E-state index contributed by atoms with van der Waals surface area (Å²) in [6.07, 6.45) is 0. The molecule has 0 saturated heterocycles. The molecule has 0 radical (unpaired) electrons. The average Bonchev–Trinajstić information content (AvgIpc) is 3.16. The van der Waals surface area contributed by atoms with Gasteiger partial charge in [-0.05, 0) is 36.4 Å². The number of phenols is 1. The number of carbonyl (C=O) groups excluding carboxylic acids is 2. The van der Waals surface area contributed by atoms with E-state index in [1.165, 1.54) is 19.2 Å². The molecule has 0 saturated carbocycles. The quantitative estimate of drug-likeness (QED) is 0.356. The molecule has 10 nitrogen and oxygen atoms in total. The lowest BCUT2D eigenvalue weighted by molar-refractivity contribution is -0.113. The number of aliphatic hydroxyl groups is 1. The van der Waals surface area contributed by atoms with Gasteiger partial charge in [0.05, 0.1) is 19.5 Å². The van der Waals surface area contributed by atoms with Gasteiger partial charge < -0.3 is 30.2 Å². The summed E-state index contributed by atoms with van der Waals surface area (Å²) in [6, 6.07) is 12.0. The molecule has 11 heteroatoms. The summed E-state index contributed by atoms with van der Waals surface area (Å²) < 4.78 is 6.69. The molecule has 4 N–H and O–H groups in total. The molecule has 1 heterocycles. The molecule has 0 aliphatic rings. The molecule has 168 valence electrons. The number of hydrogen-bond donors (Lipinski definition) is 4. The van der Waals surface area contributed by atoms with Crippen LogP contribution in [0.4, 0.5) is 5.69 Å². The highest BCUT2D eigenvalue weighted by Gasteiger charge is 2.22. The lowest BCUT2D eigenvalue weighted by atomic mass is 10.2. The number of ether oxygens (including phenoxy) is 1. The number of rotatable bonds is 9. The minimum Gasteiger partial charge on any atom is -0.508 e. The van der Waals surface area contributed by atoms with Crippen molar-refractivity contribution in [1.82, 2.24) is 20.1 Å². The maximum absolute atomic E-state index is 12.5. The first-order valence-electron chi connectivity index (χ1n) is 9.58. The van der Waals surface area contributed by atoms with Crippen molar-refractivity contribution in [3.63, 3.8) is 0 Å². The summed E-state index contributed by atoms with van der Waals surface area (Å²) in [5, 5.41) is 33.2. The van der Waals surface area contributed by atoms with Crippen molar-refractivity contribution >= 4 is 29.3 Å². The molecule has 0 bridgehead atoms. The Kier molecular flexibility index (Phi) is 7.68. The minimum absolute atomic E-state index is 0.0557. The average molecular weight is 458 g/mol. The van der Waals surface area contributed by atoms with Crippen LogP contribution in [0, 0.1) is 0 Å². The van der Waals surface area contributed by atoms with Gasteiger partial charge in [-0.3, -0.25) is 9.59 Å². The van der Waals surface area contributed by atoms with E-state index in [2.05, 4.69) is 20.8 Å². The number of aromatic nitrogens is 3. The van der Waals surface area contributed by atoms with Crippen LogP contribution in [0.25, 0.3) is 0 Å². The number of aromatic hydroxyl groups is 1. The number of phenolic OH excluding ortho intramolecular Hbond substituents is 1. The van der Waals surface area contributed by atoms with Gasteiger partial charge >= 0.3 is 0 Å². The molecular weight excluding hydrogens is 434 g/mol. The fourth-order valence-corrected chi connectivity index (χ4v) is 3.56. The molecule has 0 aliphatic carbocycles. The molecule has 0 unspecified atom stereocenters. The molecule has 2 aromatic carbocycles.